The quantitative estimate of drug-likeness (QED) is 0.882. The van der Waals surface area contributed by atoms with Crippen molar-refractivity contribution in [3.63, 3.8) is 0 Å². The third kappa shape index (κ3) is 4.54. The molecule has 5 nitrogen and oxygen atoms in total. The summed E-state index contributed by atoms with van der Waals surface area (Å²) in [6.45, 7) is 3.07. The summed E-state index contributed by atoms with van der Waals surface area (Å²) in [5.41, 5.74) is 2.11. The Labute approximate surface area is 145 Å². The van der Waals surface area contributed by atoms with Crippen LogP contribution in [0, 0.1) is 25.5 Å². The van der Waals surface area contributed by atoms with Crippen LogP contribution in [0.2, 0.25) is 0 Å². The molecule has 0 unspecified atom stereocenters. The minimum absolute atomic E-state index is 0.127. The van der Waals surface area contributed by atoms with Crippen molar-refractivity contribution in [1.82, 2.24) is 0 Å². The number of anilines is 2. The maximum Gasteiger partial charge on any atom is 0.245 e. The fourth-order valence-electron chi connectivity index (χ4n) is 2.36. The molecular formula is C17H18F2N2O3S. The van der Waals surface area contributed by atoms with E-state index in [-0.39, 0.29) is 5.69 Å². The number of para-hydroxylation sites is 1. The van der Waals surface area contributed by atoms with Crippen molar-refractivity contribution in [3.05, 3.63) is 59.2 Å². The molecular weight excluding hydrogens is 350 g/mol. The van der Waals surface area contributed by atoms with E-state index in [0.29, 0.717) is 5.69 Å². The van der Waals surface area contributed by atoms with E-state index in [1.807, 2.05) is 32.0 Å². The van der Waals surface area contributed by atoms with Crippen LogP contribution in [0.3, 0.4) is 0 Å². The maximum absolute atomic E-state index is 13.4. The minimum atomic E-state index is -3.87. The van der Waals surface area contributed by atoms with Gasteiger partial charge in [0.25, 0.3) is 0 Å². The van der Waals surface area contributed by atoms with E-state index in [0.717, 1.165) is 39.9 Å². The topological polar surface area (TPSA) is 66.5 Å². The lowest BCUT2D eigenvalue weighted by Crippen LogP contribution is -2.37. The van der Waals surface area contributed by atoms with E-state index in [1.54, 1.807) is 0 Å². The first-order valence-corrected chi connectivity index (χ1v) is 9.23. The summed E-state index contributed by atoms with van der Waals surface area (Å²) in [5.74, 6) is -2.88. The molecule has 0 saturated heterocycles. The summed E-state index contributed by atoms with van der Waals surface area (Å²) in [6, 6.07) is 8.11. The number of sulfonamides is 1. The highest BCUT2D eigenvalue weighted by atomic mass is 32.2. The van der Waals surface area contributed by atoms with Crippen LogP contribution in [0.1, 0.15) is 11.1 Å². The Bertz CT molecular complexity index is 894. The number of aryl methyl sites for hydroxylation is 2. The standard InChI is InChI=1S/C17H18F2N2O3S/c1-11-5-4-6-12(2)17(11)20-16(22)10-21(25(3,23)24)13-7-8-14(18)15(19)9-13/h4-9H,10H2,1-3H3,(H,20,22). The van der Waals surface area contributed by atoms with Crippen molar-refractivity contribution in [2.75, 3.05) is 22.4 Å². The van der Waals surface area contributed by atoms with E-state index in [4.69, 9.17) is 0 Å². The van der Waals surface area contributed by atoms with Gasteiger partial charge >= 0.3 is 0 Å². The molecule has 2 aromatic carbocycles. The first kappa shape index (κ1) is 18.9. The van der Waals surface area contributed by atoms with Crippen LogP contribution in [0.25, 0.3) is 0 Å². The zero-order valence-corrected chi connectivity index (χ0v) is 14.8. The Kier molecular flexibility index (Phi) is 5.42. The summed E-state index contributed by atoms with van der Waals surface area (Å²) < 4.78 is 51.2. The largest absolute Gasteiger partial charge is 0.324 e. The number of hydrogen-bond acceptors (Lipinski definition) is 3. The predicted molar refractivity (Wildman–Crippen MR) is 93.1 cm³/mol. The highest BCUT2D eigenvalue weighted by Gasteiger charge is 2.22. The second kappa shape index (κ2) is 7.18. The Balaban J connectivity index is 2.29. The van der Waals surface area contributed by atoms with Crippen LogP contribution in [0.4, 0.5) is 20.2 Å². The SMILES string of the molecule is Cc1cccc(C)c1NC(=O)CN(c1ccc(F)c(F)c1)S(C)(=O)=O. The van der Waals surface area contributed by atoms with Crippen LogP contribution in [0.5, 0.6) is 0 Å². The van der Waals surface area contributed by atoms with Gasteiger partial charge in [0.1, 0.15) is 6.54 Å². The highest BCUT2D eigenvalue weighted by Crippen LogP contribution is 2.22. The number of benzene rings is 2. The average molecular weight is 368 g/mol. The molecule has 0 bridgehead atoms. The first-order chi connectivity index (χ1) is 11.6. The molecule has 8 heteroatoms. The van der Waals surface area contributed by atoms with E-state index in [2.05, 4.69) is 5.32 Å². The van der Waals surface area contributed by atoms with Gasteiger partial charge in [-0.2, -0.15) is 0 Å². The monoisotopic (exact) mass is 368 g/mol. The van der Waals surface area contributed by atoms with Gasteiger partial charge in [-0.3, -0.25) is 9.10 Å². The van der Waals surface area contributed by atoms with E-state index in [9.17, 15) is 22.0 Å². The molecule has 2 rings (SSSR count). The van der Waals surface area contributed by atoms with Gasteiger partial charge in [-0.25, -0.2) is 17.2 Å². The van der Waals surface area contributed by atoms with Crippen LogP contribution in [0.15, 0.2) is 36.4 Å². The summed E-state index contributed by atoms with van der Waals surface area (Å²) in [7, 11) is -3.87. The summed E-state index contributed by atoms with van der Waals surface area (Å²) >= 11 is 0. The van der Waals surface area contributed by atoms with Gasteiger partial charge in [0.2, 0.25) is 15.9 Å². The summed E-state index contributed by atoms with van der Waals surface area (Å²) in [4.78, 5) is 12.3. The van der Waals surface area contributed by atoms with Crippen molar-refractivity contribution in [2.45, 2.75) is 13.8 Å². The third-order valence-corrected chi connectivity index (χ3v) is 4.76. The van der Waals surface area contributed by atoms with Gasteiger partial charge in [-0.05, 0) is 37.1 Å². The molecule has 1 amide bonds. The maximum atomic E-state index is 13.4. The molecule has 2 aromatic rings. The van der Waals surface area contributed by atoms with Crippen LogP contribution in [-0.4, -0.2) is 27.1 Å². The Morgan fingerprint density at radius 3 is 2.20 bits per heavy atom. The van der Waals surface area contributed by atoms with Crippen molar-refractivity contribution in [2.24, 2.45) is 0 Å². The molecule has 0 atom stereocenters. The van der Waals surface area contributed by atoms with Gasteiger partial charge in [0.15, 0.2) is 11.6 Å². The lowest BCUT2D eigenvalue weighted by Gasteiger charge is -2.22. The summed E-state index contributed by atoms with van der Waals surface area (Å²) in [6.07, 6.45) is 0.889. The molecule has 134 valence electrons. The van der Waals surface area contributed by atoms with E-state index in [1.165, 1.54) is 0 Å². The van der Waals surface area contributed by atoms with Crippen molar-refractivity contribution in [1.29, 1.82) is 0 Å². The molecule has 0 spiro atoms. The van der Waals surface area contributed by atoms with Crippen LogP contribution >= 0.6 is 0 Å². The molecule has 0 aliphatic heterocycles. The van der Waals surface area contributed by atoms with Gasteiger partial charge < -0.3 is 5.32 Å². The molecule has 1 N–H and O–H groups in total. The van der Waals surface area contributed by atoms with Crippen LogP contribution < -0.4 is 9.62 Å². The number of amides is 1. The number of nitrogens with one attached hydrogen (secondary N) is 1. The normalized spacial score (nSPS) is 11.2. The van der Waals surface area contributed by atoms with E-state index < -0.39 is 34.1 Å². The van der Waals surface area contributed by atoms with Gasteiger partial charge in [0, 0.05) is 11.8 Å². The minimum Gasteiger partial charge on any atom is -0.324 e. The molecule has 0 heterocycles. The fourth-order valence-corrected chi connectivity index (χ4v) is 3.21. The fraction of sp³-hybridized carbons (Fsp3) is 0.235. The summed E-state index contributed by atoms with van der Waals surface area (Å²) in [5, 5.41) is 2.66. The van der Waals surface area contributed by atoms with Crippen LogP contribution in [-0.2, 0) is 14.8 Å². The van der Waals surface area contributed by atoms with Crippen molar-refractivity contribution >= 4 is 27.3 Å². The number of hydrogen-bond donors (Lipinski definition) is 1. The zero-order valence-electron chi connectivity index (χ0n) is 14.0. The third-order valence-electron chi connectivity index (χ3n) is 3.62. The molecule has 0 radical (unpaired) electrons. The van der Waals surface area contributed by atoms with Crippen molar-refractivity contribution in [3.8, 4) is 0 Å². The molecule has 25 heavy (non-hydrogen) atoms. The van der Waals surface area contributed by atoms with E-state index >= 15 is 0 Å². The first-order valence-electron chi connectivity index (χ1n) is 7.38. The smallest absolute Gasteiger partial charge is 0.245 e. The van der Waals surface area contributed by atoms with Gasteiger partial charge in [-0.15, -0.1) is 0 Å². The zero-order chi connectivity index (χ0) is 18.8. The Morgan fingerprint density at radius 1 is 1.08 bits per heavy atom. The molecule has 0 aromatic heterocycles. The molecule has 0 saturated carbocycles. The number of rotatable bonds is 5. The lowest BCUT2D eigenvalue weighted by molar-refractivity contribution is -0.114. The average Bonchev–Trinajstić information content (AvgIpc) is 2.50. The van der Waals surface area contributed by atoms with Gasteiger partial charge in [0.05, 0.1) is 11.9 Å². The number of carbonyl (C=O) groups excluding carboxylic acids is 1. The van der Waals surface area contributed by atoms with Crippen molar-refractivity contribution < 1.29 is 22.0 Å². The predicted octanol–water partition coefficient (Wildman–Crippen LogP) is 2.99. The number of carbonyl (C=O) groups is 1. The lowest BCUT2D eigenvalue weighted by atomic mass is 10.1. The Morgan fingerprint density at radius 2 is 1.68 bits per heavy atom. The molecule has 0 aliphatic rings. The molecule has 0 fully saturated rings. The number of halogens is 2. The van der Waals surface area contributed by atoms with Gasteiger partial charge in [-0.1, -0.05) is 18.2 Å². The second-order valence-electron chi connectivity index (χ2n) is 5.68. The highest BCUT2D eigenvalue weighted by molar-refractivity contribution is 7.92. The molecule has 0 aliphatic carbocycles. The second-order valence-corrected chi connectivity index (χ2v) is 7.59. The Hall–Kier alpha value is -2.48. The number of nitrogens with zero attached hydrogens (tertiary/aromatic N) is 1.